The van der Waals surface area contributed by atoms with Crippen LogP contribution in [0, 0.1) is 18.8 Å². The molecule has 0 atom stereocenters. The smallest absolute Gasteiger partial charge is 0.252 e. The van der Waals surface area contributed by atoms with Crippen molar-refractivity contribution < 1.29 is 4.79 Å². The molecule has 0 fully saturated rings. The van der Waals surface area contributed by atoms with E-state index in [-0.39, 0.29) is 18.0 Å². The van der Waals surface area contributed by atoms with E-state index in [2.05, 4.69) is 17.2 Å². The minimum absolute atomic E-state index is 0.0862. The Hall–Kier alpha value is -1.79. The van der Waals surface area contributed by atoms with Gasteiger partial charge >= 0.3 is 0 Å². The molecule has 0 radical (unpaired) electrons. The number of benzene rings is 1. The second-order valence-electron chi connectivity index (χ2n) is 5.25. The fourth-order valence-electron chi connectivity index (χ4n) is 1.56. The SMILES string of the molecule is CCC(C)(C)NC(=O)c1cc(C)ccc1C#CCN. The molecule has 0 spiro atoms. The first kappa shape index (κ1) is 15.3. The lowest BCUT2D eigenvalue weighted by Gasteiger charge is -2.24. The number of carbonyl (C=O) groups is 1. The van der Waals surface area contributed by atoms with Gasteiger partial charge in [-0.3, -0.25) is 4.79 Å². The van der Waals surface area contributed by atoms with Crippen LogP contribution in [0.3, 0.4) is 0 Å². The van der Waals surface area contributed by atoms with Gasteiger partial charge in [-0.05, 0) is 39.3 Å². The summed E-state index contributed by atoms with van der Waals surface area (Å²) in [5, 5.41) is 3.03. The largest absolute Gasteiger partial charge is 0.347 e. The van der Waals surface area contributed by atoms with Crippen LogP contribution in [0.25, 0.3) is 0 Å². The van der Waals surface area contributed by atoms with E-state index >= 15 is 0 Å². The molecule has 0 aliphatic heterocycles. The van der Waals surface area contributed by atoms with Gasteiger partial charge in [0, 0.05) is 11.1 Å². The van der Waals surface area contributed by atoms with Crippen molar-refractivity contribution in [2.24, 2.45) is 5.73 Å². The Morgan fingerprint density at radius 3 is 2.68 bits per heavy atom. The van der Waals surface area contributed by atoms with E-state index in [9.17, 15) is 4.79 Å². The maximum absolute atomic E-state index is 12.3. The summed E-state index contributed by atoms with van der Waals surface area (Å²) in [5.41, 5.74) is 7.53. The van der Waals surface area contributed by atoms with Crippen LogP contribution in [0.15, 0.2) is 18.2 Å². The number of amides is 1. The number of carbonyl (C=O) groups excluding carboxylic acids is 1. The highest BCUT2D eigenvalue weighted by Gasteiger charge is 2.20. The normalized spacial score (nSPS) is 10.6. The summed E-state index contributed by atoms with van der Waals surface area (Å²) in [6.07, 6.45) is 0.869. The highest BCUT2D eigenvalue weighted by molar-refractivity contribution is 5.97. The van der Waals surface area contributed by atoms with Gasteiger partial charge in [-0.25, -0.2) is 0 Å². The molecule has 0 aromatic heterocycles. The molecule has 1 rings (SSSR count). The average molecular weight is 258 g/mol. The topological polar surface area (TPSA) is 55.1 Å². The van der Waals surface area contributed by atoms with E-state index in [4.69, 9.17) is 5.73 Å². The van der Waals surface area contributed by atoms with Gasteiger partial charge in [0.05, 0.1) is 12.1 Å². The number of hydrogen-bond acceptors (Lipinski definition) is 2. The van der Waals surface area contributed by atoms with Crippen molar-refractivity contribution in [1.29, 1.82) is 0 Å². The highest BCUT2D eigenvalue weighted by atomic mass is 16.1. The first-order chi connectivity index (χ1) is 8.89. The van der Waals surface area contributed by atoms with Gasteiger partial charge in [-0.15, -0.1) is 0 Å². The van der Waals surface area contributed by atoms with Crippen molar-refractivity contribution in [2.45, 2.75) is 39.7 Å². The third-order valence-electron chi connectivity index (χ3n) is 3.08. The predicted octanol–water partition coefficient (Wildman–Crippen LogP) is 2.22. The lowest BCUT2D eigenvalue weighted by atomic mass is 9.99. The zero-order valence-corrected chi connectivity index (χ0v) is 12.1. The molecule has 3 heteroatoms. The van der Waals surface area contributed by atoms with Crippen LogP contribution in [0.5, 0.6) is 0 Å². The van der Waals surface area contributed by atoms with Gasteiger partial charge in [-0.2, -0.15) is 0 Å². The molecule has 3 N–H and O–H groups in total. The lowest BCUT2D eigenvalue weighted by molar-refractivity contribution is 0.0911. The van der Waals surface area contributed by atoms with E-state index in [1.165, 1.54) is 0 Å². The Labute approximate surface area is 115 Å². The van der Waals surface area contributed by atoms with Crippen molar-refractivity contribution in [1.82, 2.24) is 5.32 Å². The van der Waals surface area contributed by atoms with Gasteiger partial charge < -0.3 is 11.1 Å². The van der Waals surface area contributed by atoms with E-state index < -0.39 is 0 Å². The molecule has 1 amide bonds. The standard InChI is InChI=1S/C16H22N2O/c1-5-16(3,4)18-15(19)14-11-12(2)8-9-13(14)7-6-10-17/h8-9,11H,5,10,17H2,1-4H3,(H,18,19). The summed E-state index contributed by atoms with van der Waals surface area (Å²) >= 11 is 0. The van der Waals surface area contributed by atoms with Crippen LogP contribution >= 0.6 is 0 Å². The van der Waals surface area contributed by atoms with Crippen molar-refractivity contribution in [3.8, 4) is 11.8 Å². The van der Waals surface area contributed by atoms with Crippen LogP contribution in [0.2, 0.25) is 0 Å². The molecule has 0 bridgehead atoms. The van der Waals surface area contributed by atoms with Crippen molar-refractivity contribution in [2.75, 3.05) is 6.54 Å². The summed E-state index contributed by atoms with van der Waals surface area (Å²) < 4.78 is 0. The number of rotatable bonds is 3. The van der Waals surface area contributed by atoms with E-state index in [0.717, 1.165) is 17.5 Å². The van der Waals surface area contributed by atoms with Crippen LogP contribution < -0.4 is 11.1 Å². The average Bonchev–Trinajstić information content (AvgIpc) is 2.36. The minimum Gasteiger partial charge on any atom is -0.347 e. The second kappa shape index (κ2) is 6.40. The first-order valence-corrected chi connectivity index (χ1v) is 6.51. The van der Waals surface area contributed by atoms with Crippen LogP contribution in [0.4, 0.5) is 0 Å². The quantitative estimate of drug-likeness (QED) is 0.817. The predicted molar refractivity (Wildman–Crippen MR) is 78.9 cm³/mol. The molecule has 0 saturated heterocycles. The Bertz CT molecular complexity index is 521. The summed E-state index contributed by atoms with van der Waals surface area (Å²) in [5.74, 6) is 5.66. The summed E-state index contributed by atoms with van der Waals surface area (Å²) in [7, 11) is 0. The first-order valence-electron chi connectivity index (χ1n) is 6.51. The Morgan fingerprint density at radius 1 is 1.42 bits per heavy atom. The fourth-order valence-corrected chi connectivity index (χ4v) is 1.56. The van der Waals surface area contributed by atoms with Crippen LogP contribution in [0.1, 0.15) is 48.7 Å². The van der Waals surface area contributed by atoms with Gasteiger partial charge in [-0.1, -0.05) is 30.4 Å². The van der Waals surface area contributed by atoms with Crippen molar-refractivity contribution >= 4 is 5.91 Å². The monoisotopic (exact) mass is 258 g/mol. The van der Waals surface area contributed by atoms with Crippen LogP contribution in [-0.2, 0) is 0 Å². The zero-order chi connectivity index (χ0) is 14.5. The van der Waals surface area contributed by atoms with Gasteiger partial charge in [0.15, 0.2) is 0 Å². The number of nitrogens with one attached hydrogen (secondary N) is 1. The number of hydrogen-bond donors (Lipinski definition) is 2. The van der Waals surface area contributed by atoms with E-state index in [0.29, 0.717) is 5.56 Å². The number of nitrogens with two attached hydrogens (primary N) is 1. The third-order valence-corrected chi connectivity index (χ3v) is 3.08. The molecule has 0 heterocycles. The van der Waals surface area contributed by atoms with Gasteiger partial charge in [0.25, 0.3) is 5.91 Å². The summed E-state index contributed by atoms with van der Waals surface area (Å²) in [6, 6.07) is 5.68. The Morgan fingerprint density at radius 2 is 2.11 bits per heavy atom. The molecule has 19 heavy (non-hydrogen) atoms. The maximum Gasteiger partial charge on any atom is 0.252 e. The second-order valence-corrected chi connectivity index (χ2v) is 5.25. The molecule has 0 saturated carbocycles. The Balaban J connectivity index is 3.10. The van der Waals surface area contributed by atoms with E-state index in [1.54, 1.807) is 0 Å². The fraction of sp³-hybridized carbons (Fsp3) is 0.438. The lowest BCUT2D eigenvalue weighted by Crippen LogP contribution is -2.43. The maximum atomic E-state index is 12.3. The van der Waals surface area contributed by atoms with E-state index in [1.807, 2.05) is 45.9 Å². The molecular formula is C16H22N2O. The molecule has 1 aromatic carbocycles. The molecule has 0 aliphatic carbocycles. The summed E-state index contributed by atoms with van der Waals surface area (Å²) in [6.45, 7) is 8.31. The van der Waals surface area contributed by atoms with Gasteiger partial charge in [0.1, 0.15) is 0 Å². The third kappa shape index (κ3) is 4.42. The molecular weight excluding hydrogens is 236 g/mol. The summed E-state index contributed by atoms with van der Waals surface area (Å²) in [4.78, 5) is 12.3. The highest BCUT2D eigenvalue weighted by Crippen LogP contribution is 2.14. The molecule has 3 nitrogen and oxygen atoms in total. The van der Waals surface area contributed by atoms with Crippen molar-refractivity contribution in [3.63, 3.8) is 0 Å². The number of aryl methyl sites for hydroxylation is 1. The molecule has 1 aromatic rings. The zero-order valence-electron chi connectivity index (χ0n) is 12.1. The molecule has 0 aliphatic rings. The van der Waals surface area contributed by atoms with Crippen molar-refractivity contribution in [3.05, 3.63) is 34.9 Å². The minimum atomic E-state index is -0.223. The molecule has 102 valence electrons. The Kier molecular flexibility index (Phi) is 5.14. The van der Waals surface area contributed by atoms with Gasteiger partial charge in [0.2, 0.25) is 0 Å². The molecule has 0 unspecified atom stereocenters. The van der Waals surface area contributed by atoms with Crippen LogP contribution in [-0.4, -0.2) is 18.0 Å².